The van der Waals surface area contributed by atoms with Crippen LogP contribution in [-0.4, -0.2) is 42.9 Å². The fraction of sp³-hybridized carbons (Fsp3) is 0.500. The van der Waals surface area contributed by atoms with Gasteiger partial charge in [0, 0.05) is 24.4 Å². The Balaban J connectivity index is 1.36. The number of hydrogen-bond donors (Lipinski definition) is 0. The summed E-state index contributed by atoms with van der Waals surface area (Å²) in [7, 11) is 1.65. The van der Waals surface area contributed by atoms with Crippen LogP contribution >= 0.6 is 11.3 Å². The molecule has 0 N–H and O–H groups in total. The first-order valence-corrected chi connectivity index (χ1v) is 11.9. The summed E-state index contributed by atoms with van der Waals surface area (Å²) >= 11 is 1.85. The van der Waals surface area contributed by atoms with Gasteiger partial charge in [0.15, 0.2) is 0 Å². The summed E-state index contributed by atoms with van der Waals surface area (Å²) in [4.78, 5) is 27.7. The molecule has 0 radical (unpaired) electrons. The van der Waals surface area contributed by atoms with Crippen molar-refractivity contribution in [2.45, 2.75) is 56.3 Å². The Hall–Kier alpha value is -2.38. The number of benzene rings is 1. The summed E-state index contributed by atoms with van der Waals surface area (Å²) in [5.41, 5.74) is 2.52. The zero-order valence-corrected chi connectivity index (χ0v) is 18.5. The molecule has 1 spiro atoms. The van der Waals surface area contributed by atoms with Crippen LogP contribution in [0.5, 0.6) is 5.75 Å². The lowest BCUT2D eigenvalue weighted by atomic mass is 9.84. The highest BCUT2D eigenvalue weighted by atomic mass is 32.1. The molecule has 6 nitrogen and oxygen atoms in total. The maximum Gasteiger partial charge on any atom is 0.421 e. The number of hydrogen-bond acceptors (Lipinski definition) is 7. The number of likely N-dealkylation sites (tertiary alicyclic amines) is 1. The SMILES string of the molecule is COc1ccccc1C1CCN(CCC2CCCc3sccc32)C2(C1)OC(=O)C(=O)O2. The number of rotatable bonds is 5. The summed E-state index contributed by atoms with van der Waals surface area (Å²) in [6, 6.07) is 10.1. The summed E-state index contributed by atoms with van der Waals surface area (Å²) < 4.78 is 16.8. The largest absolute Gasteiger partial charge is 0.496 e. The van der Waals surface area contributed by atoms with Crippen molar-refractivity contribution in [2.24, 2.45) is 0 Å². The van der Waals surface area contributed by atoms with Gasteiger partial charge in [-0.3, -0.25) is 0 Å². The predicted octanol–water partition coefficient (Wildman–Crippen LogP) is 4.20. The molecule has 1 aliphatic carbocycles. The van der Waals surface area contributed by atoms with Crippen LogP contribution in [0, 0.1) is 0 Å². The molecule has 0 saturated carbocycles. The van der Waals surface area contributed by atoms with Gasteiger partial charge in [-0.05, 0) is 72.6 Å². The molecule has 2 atom stereocenters. The smallest absolute Gasteiger partial charge is 0.421 e. The molecule has 3 heterocycles. The molecule has 2 saturated heterocycles. The number of ether oxygens (including phenoxy) is 3. The number of thiophene rings is 1. The van der Waals surface area contributed by atoms with Crippen molar-refractivity contribution < 1.29 is 23.8 Å². The Morgan fingerprint density at radius 3 is 2.74 bits per heavy atom. The zero-order valence-electron chi connectivity index (χ0n) is 17.7. The van der Waals surface area contributed by atoms with Crippen LogP contribution in [0.1, 0.15) is 59.9 Å². The highest BCUT2D eigenvalue weighted by Crippen LogP contribution is 2.45. The van der Waals surface area contributed by atoms with E-state index in [0.717, 1.165) is 30.7 Å². The normalized spacial score (nSPS) is 25.2. The van der Waals surface area contributed by atoms with Crippen LogP contribution in [-0.2, 0) is 25.5 Å². The Morgan fingerprint density at radius 1 is 1.13 bits per heavy atom. The predicted molar refractivity (Wildman–Crippen MR) is 116 cm³/mol. The molecule has 2 aromatic rings. The van der Waals surface area contributed by atoms with Gasteiger partial charge in [0.2, 0.25) is 0 Å². The highest BCUT2D eigenvalue weighted by Gasteiger charge is 2.56. The minimum absolute atomic E-state index is 0.0734. The van der Waals surface area contributed by atoms with E-state index < -0.39 is 17.8 Å². The monoisotopic (exact) mass is 441 g/mol. The van der Waals surface area contributed by atoms with E-state index in [1.807, 2.05) is 35.6 Å². The molecule has 1 aromatic heterocycles. The zero-order chi connectivity index (χ0) is 21.4. The van der Waals surface area contributed by atoms with Crippen LogP contribution < -0.4 is 4.74 Å². The molecule has 5 rings (SSSR count). The molecule has 1 aromatic carbocycles. The van der Waals surface area contributed by atoms with Crippen molar-refractivity contribution in [2.75, 3.05) is 20.2 Å². The maximum absolute atomic E-state index is 12.0. The number of piperidine rings is 1. The summed E-state index contributed by atoms with van der Waals surface area (Å²) in [5.74, 6) is -1.73. The molecule has 164 valence electrons. The van der Waals surface area contributed by atoms with Crippen molar-refractivity contribution >= 4 is 23.3 Å². The lowest BCUT2D eigenvalue weighted by Crippen LogP contribution is -2.55. The molecular formula is C24H27NO5S. The van der Waals surface area contributed by atoms with Crippen LogP contribution in [0.25, 0.3) is 0 Å². The van der Waals surface area contributed by atoms with Gasteiger partial charge in [0.05, 0.1) is 7.11 Å². The summed E-state index contributed by atoms with van der Waals surface area (Å²) in [6.07, 6.45) is 5.81. The first kappa shape index (κ1) is 20.5. The van der Waals surface area contributed by atoms with Crippen molar-refractivity contribution in [3.8, 4) is 5.75 Å². The van der Waals surface area contributed by atoms with Crippen LogP contribution in [0.3, 0.4) is 0 Å². The third-order valence-corrected chi connectivity index (χ3v) is 7.90. The van der Waals surface area contributed by atoms with E-state index in [2.05, 4.69) is 16.3 Å². The van der Waals surface area contributed by atoms with Crippen LogP contribution in [0.4, 0.5) is 0 Å². The minimum atomic E-state index is -1.32. The number of fused-ring (bicyclic) bond motifs is 1. The maximum atomic E-state index is 12.0. The molecule has 0 amide bonds. The fourth-order valence-corrected chi connectivity index (χ4v) is 6.39. The van der Waals surface area contributed by atoms with Crippen LogP contribution in [0.15, 0.2) is 35.7 Å². The first-order valence-electron chi connectivity index (χ1n) is 11.0. The average molecular weight is 442 g/mol. The van der Waals surface area contributed by atoms with E-state index in [4.69, 9.17) is 14.2 Å². The molecule has 3 aliphatic rings. The third kappa shape index (κ3) is 3.74. The Kier molecular flexibility index (Phi) is 5.48. The first-order chi connectivity index (χ1) is 15.1. The quantitative estimate of drug-likeness (QED) is 0.512. The standard InChI is InChI=1S/C24H27NO5S/c1-28-20-7-3-2-6-18(20)17-10-13-25(24(15-17)29-22(26)23(27)30-24)12-9-16-5-4-8-21-19(16)11-14-31-21/h2-3,6-7,11,14,16-17H,4-5,8-10,12-13,15H2,1H3. The van der Waals surface area contributed by atoms with E-state index >= 15 is 0 Å². The average Bonchev–Trinajstić information content (AvgIpc) is 3.37. The third-order valence-electron chi connectivity index (χ3n) is 6.91. The lowest BCUT2D eigenvalue weighted by Gasteiger charge is -2.44. The van der Waals surface area contributed by atoms with E-state index in [1.165, 1.54) is 29.7 Å². The Labute approximate surface area is 186 Å². The Bertz CT molecular complexity index is 970. The minimum Gasteiger partial charge on any atom is -0.496 e. The second-order valence-electron chi connectivity index (χ2n) is 8.59. The number of esters is 2. The molecule has 2 unspecified atom stereocenters. The number of nitrogens with zero attached hydrogens (tertiary/aromatic N) is 1. The van der Waals surface area contributed by atoms with Crippen LogP contribution in [0.2, 0.25) is 0 Å². The van der Waals surface area contributed by atoms with Gasteiger partial charge in [-0.15, -0.1) is 11.3 Å². The van der Waals surface area contributed by atoms with Crippen molar-refractivity contribution in [3.05, 3.63) is 51.7 Å². The fourth-order valence-electron chi connectivity index (χ4n) is 5.38. The van der Waals surface area contributed by atoms with E-state index in [9.17, 15) is 9.59 Å². The number of methoxy groups -OCH3 is 1. The van der Waals surface area contributed by atoms with Gasteiger partial charge in [0.1, 0.15) is 5.75 Å². The molecule has 0 bridgehead atoms. The topological polar surface area (TPSA) is 65.1 Å². The molecule has 7 heteroatoms. The highest BCUT2D eigenvalue weighted by molar-refractivity contribution is 7.10. The molecular weight excluding hydrogens is 414 g/mol. The van der Waals surface area contributed by atoms with Crippen molar-refractivity contribution in [1.82, 2.24) is 4.90 Å². The molecule has 2 fully saturated rings. The molecule has 31 heavy (non-hydrogen) atoms. The van der Waals surface area contributed by atoms with Gasteiger partial charge in [-0.1, -0.05) is 18.2 Å². The van der Waals surface area contributed by atoms with Gasteiger partial charge >= 0.3 is 17.8 Å². The van der Waals surface area contributed by atoms with Crippen molar-refractivity contribution in [3.63, 3.8) is 0 Å². The Morgan fingerprint density at radius 2 is 1.94 bits per heavy atom. The van der Waals surface area contributed by atoms with E-state index in [-0.39, 0.29) is 5.92 Å². The second kappa shape index (κ2) is 8.28. The van der Waals surface area contributed by atoms with Gasteiger partial charge in [-0.2, -0.15) is 0 Å². The second-order valence-corrected chi connectivity index (χ2v) is 9.59. The number of para-hydroxylation sites is 1. The summed E-state index contributed by atoms with van der Waals surface area (Å²) in [6.45, 7) is 1.41. The van der Waals surface area contributed by atoms with Crippen molar-refractivity contribution in [1.29, 1.82) is 0 Å². The number of aryl methyl sites for hydroxylation is 1. The number of carbonyl (C=O) groups is 2. The summed E-state index contributed by atoms with van der Waals surface area (Å²) in [5, 5.41) is 2.18. The lowest BCUT2D eigenvalue weighted by molar-refractivity contribution is -0.266. The molecule has 2 aliphatic heterocycles. The van der Waals surface area contributed by atoms with E-state index in [1.54, 1.807) is 7.11 Å². The van der Waals surface area contributed by atoms with Gasteiger partial charge < -0.3 is 14.2 Å². The van der Waals surface area contributed by atoms with E-state index in [0.29, 0.717) is 18.9 Å². The van der Waals surface area contributed by atoms with Gasteiger partial charge in [0.25, 0.3) is 0 Å². The number of carbonyl (C=O) groups excluding carboxylic acids is 2. The van der Waals surface area contributed by atoms with Gasteiger partial charge in [-0.25, -0.2) is 14.5 Å².